The number of ether oxygens (including phenoxy) is 1. The fourth-order valence-electron chi connectivity index (χ4n) is 3.92. The first-order valence-electron chi connectivity index (χ1n) is 9.16. The zero-order valence-corrected chi connectivity index (χ0v) is 20.3. The van der Waals surface area contributed by atoms with Crippen molar-refractivity contribution < 1.29 is 22.1 Å². The lowest BCUT2D eigenvalue weighted by Crippen LogP contribution is -2.18. The van der Waals surface area contributed by atoms with Crippen molar-refractivity contribution in [2.75, 3.05) is 0 Å². The maximum Gasteiger partial charge on any atom is 0.573 e. The van der Waals surface area contributed by atoms with E-state index >= 15 is 0 Å². The lowest BCUT2D eigenvalue weighted by atomic mass is 9.90. The van der Waals surface area contributed by atoms with Gasteiger partial charge in [-0.05, 0) is 64.7 Å². The molecule has 0 radical (unpaired) electrons. The summed E-state index contributed by atoms with van der Waals surface area (Å²) in [6, 6.07) is 16.3. The molecule has 0 spiro atoms. The number of benzene rings is 4. The third-order valence-corrected chi connectivity index (χ3v) is 7.37. The predicted molar refractivity (Wildman–Crippen MR) is 126 cm³/mol. The van der Waals surface area contributed by atoms with Crippen LogP contribution in [0, 0.1) is 13.8 Å². The molecule has 0 saturated carbocycles. The van der Waals surface area contributed by atoms with Gasteiger partial charge in [0, 0.05) is 30.4 Å². The standard InChI is InChI=1S/C23H15Br2F3O2S/c1-12-9-15-11-16(24)7-8-18(15)19(21(12)30-23(26,27)28)20-17-6-4-3-5-14(17)10-13(2)22(20)31(25)29/h3-11H,1-2H3. The van der Waals surface area contributed by atoms with E-state index in [4.69, 9.17) is 0 Å². The smallest absolute Gasteiger partial charge is 0.405 e. The second-order valence-electron chi connectivity index (χ2n) is 7.15. The molecule has 0 heterocycles. The molecule has 0 fully saturated rings. The quantitative estimate of drug-likeness (QED) is 0.231. The lowest BCUT2D eigenvalue weighted by molar-refractivity contribution is -0.274. The molecule has 0 aliphatic carbocycles. The van der Waals surface area contributed by atoms with E-state index in [1.807, 2.05) is 30.3 Å². The van der Waals surface area contributed by atoms with Gasteiger partial charge in [-0.1, -0.05) is 52.3 Å². The molecule has 0 saturated heterocycles. The van der Waals surface area contributed by atoms with Crippen LogP contribution in [0.2, 0.25) is 0 Å². The highest BCUT2D eigenvalue weighted by Crippen LogP contribution is 2.48. The molecular formula is C23H15Br2F3O2S. The SMILES string of the molecule is Cc1cc2cc(Br)ccc2c(-c2c(S(=O)Br)c(C)cc3ccccc23)c1OC(F)(F)F. The summed E-state index contributed by atoms with van der Waals surface area (Å²) in [5, 5.41) is 2.84. The molecule has 8 heteroatoms. The van der Waals surface area contributed by atoms with E-state index in [-0.39, 0.29) is 11.3 Å². The summed E-state index contributed by atoms with van der Waals surface area (Å²) in [5.74, 6) is -0.294. The Hall–Kier alpha value is -1.90. The molecule has 0 aliphatic heterocycles. The number of halogens is 5. The average molecular weight is 572 g/mol. The molecule has 0 aromatic heterocycles. The molecule has 2 nitrogen and oxygen atoms in total. The number of fused-ring (bicyclic) bond motifs is 2. The Labute approximate surface area is 195 Å². The second kappa shape index (κ2) is 8.22. The van der Waals surface area contributed by atoms with Crippen LogP contribution in [0.5, 0.6) is 5.75 Å². The summed E-state index contributed by atoms with van der Waals surface area (Å²) < 4.78 is 58.4. The molecule has 1 unspecified atom stereocenters. The molecule has 4 rings (SSSR count). The minimum Gasteiger partial charge on any atom is -0.405 e. The fraction of sp³-hybridized carbons (Fsp3) is 0.130. The Morgan fingerprint density at radius 1 is 0.871 bits per heavy atom. The monoisotopic (exact) mass is 570 g/mol. The highest BCUT2D eigenvalue weighted by atomic mass is 79.9. The Morgan fingerprint density at radius 2 is 1.52 bits per heavy atom. The van der Waals surface area contributed by atoms with Gasteiger partial charge >= 0.3 is 6.36 Å². The van der Waals surface area contributed by atoms with E-state index < -0.39 is 15.6 Å². The minimum atomic E-state index is -4.88. The summed E-state index contributed by atoms with van der Waals surface area (Å²) >= 11 is 6.58. The van der Waals surface area contributed by atoms with Crippen LogP contribution in [0.15, 0.2) is 64.0 Å². The van der Waals surface area contributed by atoms with E-state index in [9.17, 15) is 17.4 Å². The molecular weight excluding hydrogens is 557 g/mol. The predicted octanol–water partition coefficient (Wildman–Crippen LogP) is 8.36. The summed E-state index contributed by atoms with van der Waals surface area (Å²) in [5.41, 5.74) is 1.76. The van der Waals surface area contributed by atoms with Crippen molar-refractivity contribution in [3.05, 3.63) is 70.2 Å². The summed E-state index contributed by atoms with van der Waals surface area (Å²) in [6.07, 6.45) is -4.88. The van der Waals surface area contributed by atoms with Crippen LogP contribution in [0.4, 0.5) is 13.2 Å². The van der Waals surface area contributed by atoms with Crippen LogP contribution in [-0.2, 0) is 9.23 Å². The molecule has 4 aromatic rings. The Morgan fingerprint density at radius 3 is 2.19 bits per heavy atom. The lowest BCUT2D eigenvalue weighted by Gasteiger charge is -2.22. The van der Waals surface area contributed by atoms with E-state index in [1.165, 1.54) is 0 Å². The molecule has 0 N–H and O–H groups in total. The number of alkyl halides is 3. The zero-order valence-electron chi connectivity index (χ0n) is 16.3. The van der Waals surface area contributed by atoms with Crippen LogP contribution in [0.3, 0.4) is 0 Å². The van der Waals surface area contributed by atoms with Crippen LogP contribution in [0.1, 0.15) is 11.1 Å². The Bertz CT molecular complexity index is 1370. The van der Waals surface area contributed by atoms with Gasteiger partial charge in [-0.3, -0.25) is 0 Å². The topological polar surface area (TPSA) is 26.3 Å². The Balaban J connectivity index is 2.28. The summed E-state index contributed by atoms with van der Waals surface area (Å²) in [6.45, 7) is 3.37. The first kappa shape index (κ1) is 22.3. The van der Waals surface area contributed by atoms with Gasteiger partial charge in [0.1, 0.15) is 15.0 Å². The van der Waals surface area contributed by atoms with Crippen LogP contribution >= 0.6 is 30.7 Å². The third-order valence-electron chi connectivity index (χ3n) is 5.06. The fourth-order valence-corrected chi connectivity index (χ4v) is 6.23. The molecule has 1 atom stereocenters. The molecule has 4 aromatic carbocycles. The van der Waals surface area contributed by atoms with Crippen molar-refractivity contribution in [1.82, 2.24) is 0 Å². The number of hydrogen-bond acceptors (Lipinski definition) is 2. The average Bonchev–Trinajstić information content (AvgIpc) is 2.66. The van der Waals surface area contributed by atoms with Crippen molar-refractivity contribution >= 4 is 61.5 Å². The van der Waals surface area contributed by atoms with Gasteiger partial charge in [0.2, 0.25) is 0 Å². The van der Waals surface area contributed by atoms with E-state index in [0.29, 0.717) is 32.4 Å². The molecule has 160 valence electrons. The van der Waals surface area contributed by atoms with Gasteiger partial charge in [-0.2, -0.15) is 0 Å². The van der Waals surface area contributed by atoms with Gasteiger partial charge < -0.3 is 4.74 Å². The maximum atomic E-state index is 13.4. The highest BCUT2D eigenvalue weighted by molar-refractivity contribution is 9.46. The number of hydrogen-bond donors (Lipinski definition) is 0. The largest absolute Gasteiger partial charge is 0.573 e. The van der Waals surface area contributed by atoms with Crippen molar-refractivity contribution in [1.29, 1.82) is 0 Å². The van der Waals surface area contributed by atoms with Crippen LogP contribution in [-0.4, -0.2) is 10.6 Å². The molecule has 0 bridgehead atoms. The maximum absolute atomic E-state index is 13.4. The molecule has 0 aliphatic rings. The summed E-state index contributed by atoms with van der Waals surface area (Å²) in [4.78, 5) is 0.417. The first-order chi connectivity index (χ1) is 14.6. The van der Waals surface area contributed by atoms with Gasteiger partial charge in [0.15, 0.2) is 0 Å². The first-order valence-corrected chi connectivity index (χ1v) is 12.9. The van der Waals surface area contributed by atoms with Gasteiger partial charge in [0.05, 0.1) is 4.90 Å². The molecule has 31 heavy (non-hydrogen) atoms. The summed E-state index contributed by atoms with van der Waals surface area (Å²) in [7, 11) is -1.63. The third kappa shape index (κ3) is 4.25. The normalized spacial score (nSPS) is 13.0. The van der Waals surface area contributed by atoms with Crippen LogP contribution in [0.25, 0.3) is 32.7 Å². The van der Waals surface area contributed by atoms with E-state index in [0.717, 1.165) is 15.2 Å². The van der Waals surface area contributed by atoms with E-state index in [2.05, 4.69) is 35.5 Å². The Kier molecular flexibility index (Phi) is 5.91. The van der Waals surface area contributed by atoms with Crippen molar-refractivity contribution in [2.24, 2.45) is 0 Å². The van der Waals surface area contributed by atoms with Crippen molar-refractivity contribution in [3.63, 3.8) is 0 Å². The zero-order chi connectivity index (χ0) is 22.5. The van der Waals surface area contributed by atoms with Crippen molar-refractivity contribution in [2.45, 2.75) is 25.1 Å². The highest BCUT2D eigenvalue weighted by Gasteiger charge is 2.34. The van der Waals surface area contributed by atoms with Gasteiger partial charge in [-0.25, -0.2) is 4.21 Å². The number of aryl methyl sites for hydroxylation is 2. The van der Waals surface area contributed by atoms with E-state index in [1.54, 1.807) is 38.1 Å². The number of rotatable bonds is 3. The minimum absolute atomic E-state index is 0.266. The second-order valence-corrected chi connectivity index (χ2v) is 10.7. The van der Waals surface area contributed by atoms with Gasteiger partial charge in [0.25, 0.3) is 0 Å². The molecule has 0 amide bonds. The van der Waals surface area contributed by atoms with Gasteiger partial charge in [-0.15, -0.1) is 13.2 Å². The van der Waals surface area contributed by atoms with Crippen LogP contribution < -0.4 is 4.74 Å². The van der Waals surface area contributed by atoms with Crippen molar-refractivity contribution in [3.8, 4) is 16.9 Å².